The molecule has 2 amide bonds. The quantitative estimate of drug-likeness (QED) is 0.440. The van der Waals surface area contributed by atoms with E-state index in [2.05, 4.69) is 65.7 Å². The molecule has 36 heavy (non-hydrogen) atoms. The van der Waals surface area contributed by atoms with E-state index in [0.717, 1.165) is 25.9 Å². The fourth-order valence-corrected chi connectivity index (χ4v) is 5.54. The maximum atomic E-state index is 13.3. The van der Waals surface area contributed by atoms with E-state index < -0.39 is 6.04 Å². The predicted molar refractivity (Wildman–Crippen MR) is 146 cm³/mol. The maximum absolute atomic E-state index is 13.3. The van der Waals surface area contributed by atoms with E-state index in [9.17, 15) is 9.59 Å². The van der Waals surface area contributed by atoms with Gasteiger partial charge < -0.3 is 16.0 Å². The number of rotatable bonds is 10. The van der Waals surface area contributed by atoms with Crippen molar-refractivity contribution in [2.75, 3.05) is 26.2 Å². The molecule has 0 radical (unpaired) electrons. The van der Waals surface area contributed by atoms with Crippen molar-refractivity contribution in [2.45, 2.75) is 44.8 Å². The first-order valence-corrected chi connectivity index (χ1v) is 13.6. The monoisotopic (exact) mass is 504 g/mol. The van der Waals surface area contributed by atoms with Crippen molar-refractivity contribution >= 4 is 23.2 Å². The number of carbonyl (C=O) groups excluding carboxylic acids is 2. The van der Waals surface area contributed by atoms with Gasteiger partial charge in [0, 0.05) is 38.8 Å². The topological polar surface area (TPSA) is 78.7 Å². The first kappa shape index (κ1) is 26.1. The van der Waals surface area contributed by atoms with Crippen LogP contribution in [0.25, 0.3) is 0 Å². The molecule has 7 heteroatoms. The van der Waals surface area contributed by atoms with E-state index in [0.29, 0.717) is 30.9 Å². The van der Waals surface area contributed by atoms with E-state index in [-0.39, 0.29) is 17.9 Å². The number of aryl methyl sites for hydroxylation is 1. The van der Waals surface area contributed by atoms with E-state index >= 15 is 0 Å². The van der Waals surface area contributed by atoms with Gasteiger partial charge in [0.2, 0.25) is 5.91 Å². The average Bonchev–Trinajstić information content (AvgIpc) is 3.46. The van der Waals surface area contributed by atoms with Crippen molar-refractivity contribution in [3.05, 3.63) is 93.7 Å². The lowest BCUT2D eigenvalue weighted by atomic mass is 9.93. The molecule has 4 rings (SSSR count). The van der Waals surface area contributed by atoms with Crippen molar-refractivity contribution in [3.8, 4) is 0 Å². The highest BCUT2D eigenvalue weighted by Crippen LogP contribution is 2.27. The van der Waals surface area contributed by atoms with Gasteiger partial charge in [-0.25, -0.2) is 0 Å². The van der Waals surface area contributed by atoms with Crippen LogP contribution in [-0.2, 0) is 17.8 Å². The summed E-state index contributed by atoms with van der Waals surface area (Å²) in [5, 5.41) is 4.83. The van der Waals surface area contributed by atoms with Crippen molar-refractivity contribution in [1.82, 2.24) is 15.1 Å². The highest BCUT2D eigenvalue weighted by molar-refractivity contribution is 7.12. The van der Waals surface area contributed by atoms with Crippen LogP contribution in [-0.4, -0.2) is 59.9 Å². The predicted octanol–water partition coefficient (Wildman–Crippen LogP) is 3.85. The van der Waals surface area contributed by atoms with Gasteiger partial charge in [0.1, 0.15) is 6.04 Å². The molecule has 1 unspecified atom stereocenters. The second-order valence-electron chi connectivity index (χ2n) is 9.44. The van der Waals surface area contributed by atoms with Gasteiger partial charge in [0.15, 0.2) is 0 Å². The summed E-state index contributed by atoms with van der Waals surface area (Å²) in [6, 6.07) is 22.6. The molecule has 2 aromatic carbocycles. The number of piperidine rings is 1. The van der Waals surface area contributed by atoms with Crippen molar-refractivity contribution in [3.63, 3.8) is 0 Å². The number of likely N-dealkylation sites (tertiary alicyclic amines) is 1. The number of nitrogens with one attached hydrogen (secondary N) is 1. The van der Waals surface area contributed by atoms with Gasteiger partial charge in [-0.05, 0) is 48.8 Å². The second kappa shape index (κ2) is 12.8. The molecule has 1 aliphatic heterocycles. The molecule has 6 nitrogen and oxygen atoms in total. The number of amides is 2. The van der Waals surface area contributed by atoms with Crippen molar-refractivity contribution < 1.29 is 9.59 Å². The molecule has 2 atom stereocenters. The number of thiophene rings is 1. The third kappa shape index (κ3) is 6.81. The zero-order chi connectivity index (χ0) is 25.3. The Morgan fingerprint density at radius 1 is 1.06 bits per heavy atom. The van der Waals surface area contributed by atoms with E-state index in [1.807, 2.05) is 23.6 Å². The second-order valence-corrected chi connectivity index (χ2v) is 10.4. The van der Waals surface area contributed by atoms with Crippen LogP contribution in [0.15, 0.2) is 72.1 Å². The van der Waals surface area contributed by atoms with Gasteiger partial charge in [-0.2, -0.15) is 0 Å². The summed E-state index contributed by atoms with van der Waals surface area (Å²) < 4.78 is 0. The third-order valence-electron chi connectivity index (χ3n) is 6.87. The minimum Gasteiger partial charge on any atom is -0.353 e. The van der Waals surface area contributed by atoms with Crippen LogP contribution in [0.1, 0.15) is 39.2 Å². The van der Waals surface area contributed by atoms with Gasteiger partial charge in [-0.1, -0.05) is 66.2 Å². The molecule has 0 bridgehead atoms. The Bertz CT molecular complexity index is 1100. The van der Waals surface area contributed by atoms with Gasteiger partial charge in [-0.3, -0.25) is 14.5 Å². The van der Waals surface area contributed by atoms with E-state index in [1.54, 1.807) is 4.90 Å². The molecular formula is C29H36N4O2S. The molecule has 1 aliphatic rings. The number of nitrogens with zero attached hydrogens (tertiary/aromatic N) is 2. The first-order chi connectivity index (χ1) is 17.5. The van der Waals surface area contributed by atoms with Crippen LogP contribution < -0.4 is 11.1 Å². The normalized spacial score (nSPS) is 17.8. The van der Waals surface area contributed by atoms with Crippen LogP contribution in [0.3, 0.4) is 0 Å². The summed E-state index contributed by atoms with van der Waals surface area (Å²) in [6.07, 6.45) is 2.37. The van der Waals surface area contributed by atoms with Crippen LogP contribution in [0.5, 0.6) is 0 Å². The Balaban J connectivity index is 1.54. The maximum Gasteiger partial charge on any atom is 0.264 e. The van der Waals surface area contributed by atoms with Crippen molar-refractivity contribution in [2.24, 2.45) is 5.73 Å². The van der Waals surface area contributed by atoms with E-state index in [4.69, 9.17) is 5.73 Å². The lowest BCUT2D eigenvalue weighted by molar-refractivity contribution is -0.127. The van der Waals surface area contributed by atoms with Gasteiger partial charge in [-0.15, -0.1) is 11.3 Å². The zero-order valence-electron chi connectivity index (χ0n) is 20.9. The van der Waals surface area contributed by atoms with Crippen LogP contribution in [0.4, 0.5) is 0 Å². The fraction of sp³-hybridized carbons (Fsp3) is 0.379. The summed E-state index contributed by atoms with van der Waals surface area (Å²) >= 11 is 1.42. The number of nitrogens with two attached hydrogens (primary N) is 1. The number of hydrogen-bond acceptors (Lipinski definition) is 5. The number of benzene rings is 2. The Morgan fingerprint density at radius 2 is 1.83 bits per heavy atom. The standard InChI is InChI=1S/C29H36N4O2S/c1-22-9-11-24(12-10-22)21-32(17-13-23-6-3-2-4-7-23)25-14-18-33(29(35)27-8-5-19-36-27)26(20-25)28(34)31-16-15-30/h2-12,19,25-26H,13-18,20-21,30H2,1H3,(H,31,34)/t25?,26-/m1/s1. The lowest BCUT2D eigenvalue weighted by Gasteiger charge is -2.43. The Labute approximate surface area is 218 Å². The summed E-state index contributed by atoms with van der Waals surface area (Å²) in [6.45, 7) is 5.13. The highest BCUT2D eigenvalue weighted by Gasteiger charge is 2.38. The fourth-order valence-electron chi connectivity index (χ4n) is 4.86. The van der Waals surface area contributed by atoms with Crippen molar-refractivity contribution in [1.29, 1.82) is 0 Å². The molecule has 1 saturated heterocycles. The summed E-state index contributed by atoms with van der Waals surface area (Å²) in [5.41, 5.74) is 9.44. The van der Waals surface area contributed by atoms with Gasteiger partial charge in [0.25, 0.3) is 5.91 Å². The molecule has 2 heterocycles. The molecule has 0 saturated carbocycles. The molecular weight excluding hydrogens is 468 g/mol. The highest BCUT2D eigenvalue weighted by atomic mass is 32.1. The molecule has 0 aliphatic carbocycles. The lowest BCUT2D eigenvalue weighted by Crippen LogP contribution is -2.57. The van der Waals surface area contributed by atoms with Gasteiger partial charge in [0.05, 0.1) is 4.88 Å². The van der Waals surface area contributed by atoms with Crippen LogP contribution >= 0.6 is 11.3 Å². The SMILES string of the molecule is Cc1ccc(CN(CCc2ccccc2)C2CCN(C(=O)c3cccs3)[C@@H](C(=O)NCCN)C2)cc1. The van der Waals surface area contributed by atoms with E-state index in [1.165, 1.54) is 28.0 Å². The Morgan fingerprint density at radius 3 is 2.53 bits per heavy atom. The minimum atomic E-state index is -0.512. The number of carbonyl (C=O) groups is 2. The van der Waals surface area contributed by atoms with Crippen LogP contribution in [0, 0.1) is 6.92 Å². The van der Waals surface area contributed by atoms with Crippen LogP contribution in [0.2, 0.25) is 0 Å². The van der Waals surface area contributed by atoms with Gasteiger partial charge >= 0.3 is 0 Å². The molecule has 1 aromatic heterocycles. The molecule has 0 spiro atoms. The summed E-state index contributed by atoms with van der Waals surface area (Å²) in [4.78, 5) is 31.4. The minimum absolute atomic E-state index is 0.0641. The summed E-state index contributed by atoms with van der Waals surface area (Å²) in [5.74, 6) is -0.181. The Hall–Kier alpha value is -3.00. The first-order valence-electron chi connectivity index (χ1n) is 12.7. The smallest absolute Gasteiger partial charge is 0.264 e. The molecule has 3 aromatic rings. The third-order valence-corrected chi connectivity index (χ3v) is 7.72. The Kier molecular flexibility index (Phi) is 9.28. The average molecular weight is 505 g/mol. The molecule has 1 fully saturated rings. The molecule has 190 valence electrons. The molecule has 3 N–H and O–H groups in total. The largest absolute Gasteiger partial charge is 0.353 e. The summed E-state index contributed by atoms with van der Waals surface area (Å²) in [7, 11) is 0. The zero-order valence-corrected chi connectivity index (χ0v) is 21.8. The number of hydrogen-bond donors (Lipinski definition) is 2.